The maximum absolute atomic E-state index is 10.7. The first kappa shape index (κ1) is 22.7. The van der Waals surface area contributed by atoms with Crippen LogP contribution in [0.3, 0.4) is 0 Å². The zero-order valence-corrected chi connectivity index (χ0v) is 18.5. The molecule has 0 aliphatic heterocycles. The summed E-state index contributed by atoms with van der Waals surface area (Å²) in [4.78, 5) is 4.71. The second kappa shape index (κ2) is 10.3. The summed E-state index contributed by atoms with van der Waals surface area (Å²) in [5.41, 5.74) is 4.03. The second-order valence-corrected chi connectivity index (χ2v) is 7.46. The number of para-hydroxylation sites is 3. The first-order valence-electron chi connectivity index (χ1n) is 10.1. The molecule has 5 nitrogen and oxygen atoms in total. The zero-order chi connectivity index (χ0) is 20.9. The van der Waals surface area contributed by atoms with Gasteiger partial charge in [0.1, 0.15) is 36.6 Å². The quantitative estimate of drug-likeness (QED) is 0.416. The number of aliphatic hydroxyl groups is 1. The van der Waals surface area contributed by atoms with Gasteiger partial charge in [0.05, 0.1) is 17.6 Å². The molecule has 1 unspecified atom stereocenters. The lowest BCUT2D eigenvalue weighted by atomic mass is 10.1. The molecule has 1 N–H and O–H groups in total. The van der Waals surface area contributed by atoms with Gasteiger partial charge in [-0.15, -0.1) is 12.4 Å². The number of fused-ring (bicyclic) bond motifs is 1. The summed E-state index contributed by atoms with van der Waals surface area (Å²) < 4.78 is 13.8. The molecule has 0 amide bonds. The number of imidazole rings is 1. The normalized spacial score (nSPS) is 11.7. The Kier molecular flexibility index (Phi) is 7.55. The Hall–Kier alpha value is -3.02. The van der Waals surface area contributed by atoms with Crippen LogP contribution < -0.4 is 9.47 Å². The fourth-order valence-corrected chi connectivity index (χ4v) is 3.42. The summed E-state index contributed by atoms with van der Waals surface area (Å²) in [6.45, 7) is 4.93. The highest BCUT2D eigenvalue weighted by atomic mass is 35.5. The van der Waals surface area contributed by atoms with E-state index >= 15 is 0 Å². The van der Waals surface area contributed by atoms with Gasteiger partial charge in [0.2, 0.25) is 0 Å². The highest BCUT2D eigenvalue weighted by Crippen LogP contribution is 2.21. The Labute approximate surface area is 188 Å². The molecule has 0 aliphatic rings. The average Bonchev–Trinajstić information content (AvgIpc) is 3.11. The average molecular weight is 439 g/mol. The van der Waals surface area contributed by atoms with E-state index in [1.165, 1.54) is 0 Å². The molecule has 4 aromatic rings. The van der Waals surface area contributed by atoms with E-state index in [0.717, 1.165) is 39.5 Å². The number of aryl methyl sites for hydroxylation is 2. The van der Waals surface area contributed by atoms with Crippen LogP contribution in [-0.2, 0) is 13.2 Å². The van der Waals surface area contributed by atoms with Gasteiger partial charge >= 0.3 is 0 Å². The number of ether oxygens (including phenoxy) is 2. The van der Waals surface area contributed by atoms with Crippen molar-refractivity contribution in [2.75, 3.05) is 6.61 Å². The largest absolute Gasteiger partial charge is 0.491 e. The summed E-state index contributed by atoms with van der Waals surface area (Å²) in [5, 5.41) is 10.7. The monoisotopic (exact) mass is 438 g/mol. The van der Waals surface area contributed by atoms with E-state index in [4.69, 9.17) is 14.5 Å². The topological polar surface area (TPSA) is 56.5 Å². The molecular formula is C25H27ClN2O3. The van der Waals surface area contributed by atoms with Crippen molar-refractivity contribution >= 4 is 23.4 Å². The van der Waals surface area contributed by atoms with E-state index in [2.05, 4.69) is 6.07 Å². The van der Waals surface area contributed by atoms with Crippen LogP contribution in [0.5, 0.6) is 11.5 Å². The highest BCUT2D eigenvalue weighted by molar-refractivity contribution is 5.85. The van der Waals surface area contributed by atoms with Gasteiger partial charge in [-0.2, -0.15) is 0 Å². The molecule has 3 aromatic carbocycles. The fourth-order valence-electron chi connectivity index (χ4n) is 3.42. The van der Waals surface area contributed by atoms with E-state index in [0.29, 0.717) is 13.2 Å². The van der Waals surface area contributed by atoms with Crippen molar-refractivity contribution in [3.8, 4) is 11.5 Å². The van der Waals surface area contributed by atoms with Crippen molar-refractivity contribution in [2.45, 2.75) is 33.1 Å². The summed E-state index contributed by atoms with van der Waals surface area (Å²) >= 11 is 0. The minimum Gasteiger partial charge on any atom is -0.491 e. The van der Waals surface area contributed by atoms with Gasteiger partial charge in [0, 0.05) is 0 Å². The third-order valence-corrected chi connectivity index (χ3v) is 5.01. The molecule has 162 valence electrons. The standard InChI is InChI=1S/C25H26N2O3.ClH/c1-18-12-13-19(2)24(14-18)30-16-20(28)15-27-23-11-7-6-10-22(23)26-25(27)17-29-21-8-4-3-5-9-21;/h3-14,20,28H,15-17H2,1-2H3;1H. The van der Waals surface area contributed by atoms with Crippen molar-refractivity contribution < 1.29 is 14.6 Å². The Morgan fingerprint density at radius 3 is 2.48 bits per heavy atom. The van der Waals surface area contributed by atoms with Gasteiger partial charge in [-0.05, 0) is 55.3 Å². The molecule has 0 aliphatic carbocycles. The summed E-state index contributed by atoms with van der Waals surface area (Å²) in [7, 11) is 0. The SMILES string of the molecule is Cc1ccc(C)c(OCC(O)Cn2c(COc3ccccc3)nc3ccccc32)c1.Cl. The van der Waals surface area contributed by atoms with Crippen molar-refractivity contribution in [2.24, 2.45) is 0 Å². The van der Waals surface area contributed by atoms with Crippen molar-refractivity contribution in [1.29, 1.82) is 0 Å². The molecule has 0 saturated heterocycles. The van der Waals surface area contributed by atoms with Crippen molar-refractivity contribution in [3.63, 3.8) is 0 Å². The molecule has 0 bridgehead atoms. The molecule has 0 spiro atoms. The predicted octanol–water partition coefficient (Wildman–Crippen LogP) is 5.09. The lowest BCUT2D eigenvalue weighted by Gasteiger charge is -2.17. The number of hydrogen-bond acceptors (Lipinski definition) is 4. The summed E-state index contributed by atoms with van der Waals surface area (Å²) in [6, 6.07) is 23.6. The molecule has 1 heterocycles. The first-order valence-corrected chi connectivity index (χ1v) is 10.1. The molecule has 31 heavy (non-hydrogen) atoms. The zero-order valence-electron chi connectivity index (χ0n) is 17.7. The third-order valence-electron chi connectivity index (χ3n) is 5.01. The van der Waals surface area contributed by atoms with Crippen LogP contribution in [-0.4, -0.2) is 27.4 Å². The fraction of sp³-hybridized carbons (Fsp3) is 0.240. The van der Waals surface area contributed by atoms with E-state index in [9.17, 15) is 5.11 Å². The molecule has 6 heteroatoms. The molecule has 0 saturated carbocycles. The van der Waals surface area contributed by atoms with Gasteiger partial charge in [0.15, 0.2) is 0 Å². The Morgan fingerprint density at radius 1 is 0.935 bits per heavy atom. The second-order valence-electron chi connectivity index (χ2n) is 7.46. The molecule has 0 radical (unpaired) electrons. The minimum absolute atomic E-state index is 0. The van der Waals surface area contributed by atoms with Crippen LogP contribution in [0.4, 0.5) is 0 Å². The van der Waals surface area contributed by atoms with Gasteiger partial charge < -0.3 is 19.1 Å². The first-order chi connectivity index (χ1) is 14.6. The third kappa shape index (κ3) is 5.57. The van der Waals surface area contributed by atoms with Crippen LogP contribution in [0.2, 0.25) is 0 Å². The van der Waals surface area contributed by atoms with Crippen molar-refractivity contribution in [1.82, 2.24) is 9.55 Å². The number of nitrogens with zero attached hydrogens (tertiary/aromatic N) is 2. The van der Waals surface area contributed by atoms with E-state index in [1.54, 1.807) is 0 Å². The van der Waals surface area contributed by atoms with Crippen LogP contribution in [0.25, 0.3) is 11.0 Å². The Balaban J connectivity index is 0.00000272. The number of aromatic nitrogens is 2. The predicted molar refractivity (Wildman–Crippen MR) is 125 cm³/mol. The minimum atomic E-state index is -0.682. The molecule has 1 atom stereocenters. The molecule has 0 fully saturated rings. The van der Waals surface area contributed by atoms with Crippen LogP contribution >= 0.6 is 12.4 Å². The number of rotatable bonds is 8. The van der Waals surface area contributed by atoms with Gasteiger partial charge in [-0.25, -0.2) is 4.98 Å². The molecule has 4 rings (SSSR count). The molecular weight excluding hydrogens is 412 g/mol. The lowest BCUT2D eigenvalue weighted by molar-refractivity contribution is 0.0914. The number of aliphatic hydroxyl groups excluding tert-OH is 1. The smallest absolute Gasteiger partial charge is 0.148 e. The summed E-state index contributed by atoms with van der Waals surface area (Å²) in [6.07, 6.45) is -0.682. The van der Waals surface area contributed by atoms with Gasteiger partial charge in [0.25, 0.3) is 0 Å². The lowest BCUT2D eigenvalue weighted by Crippen LogP contribution is -2.25. The maximum Gasteiger partial charge on any atom is 0.148 e. The highest BCUT2D eigenvalue weighted by Gasteiger charge is 2.16. The Bertz CT molecular complexity index is 1130. The number of benzene rings is 3. The van der Waals surface area contributed by atoms with Gasteiger partial charge in [-0.1, -0.05) is 42.5 Å². The van der Waals surface area contributed by atoms with Crippen molar-refractivity contribution in [3.05, 3.63) is 89.7 Å². The van der Waals surface area contributed by atoms with Crippen LogP contribution in [0.1, 0.15) is 17.0 Å². The Morgan fingerprint density at radius 2 is 1.68 bits per heavy atom. The maximum atomic E-state index is 10.7. The van der Waals surface area contributed by atoms with Crippen LogP contribution in [0, 0.1) is 13.8 Å². The van der Waals surface area contributed by atoms with Crippen LogP contribution in [0.15, 0.2) is 72.8 Å². The van der Waals surface area contributed by atoms with E-state index in [-0.39, 0.29) is 19.0 Å². The van der Waals surface area contributed by atoms with Gasteiger partial charge in [-0.3, -0.25) is 0 Å². The number of halogens is 1. The number of hydrogen-bond donors (Lipinski definition) is 1. The summed E-state index contributed by atoms with van der Waals surface area (Å²) in [5.74, 6) is 2.36. The van der Waals surface area contributed by atoms with E-state index in [1.807, 2.05) is 85.1 Å². The molecule has 1 aromatic heterocycles. The van der Waals surface area contributed by atoms with E-state index < -0.39 is 6.10 Å².